The summed E-state index contributed by atoms with van der Waals surface area (Å²) in [6.07, 6.45) is 0. The molecule has 0 saturated carbocycles. The molecule has 2 aromatic rings. The molecule has 1 aromatic heterocycles. The maximum atomic E-state index is 10.7. The van der Waals surface area contributed by atoms with Crippen LogP contribution in [0.3, 0.4) is 0 Å². The van der Waals surface area contributed by atoms with Crippen LogP contribution in [-0.2, 0) is 0 Å². The predicted octanol–water partition coefficient (Wildman–Crippen LogP) is 1.63. The van der Waals surface area contributed by atoms with Crippen molar-refractivity contribution in [1.29, 1.82) is 5.26 Å². The number of phenols is 1. The predicted molar refractivity (Wildman–Crippen MR) is 61.8 cm³/mol. The molecule has 7 nitrogen and oxygen atoms in total. The maximum absolute atomic E-state index is 10.7. The highest BCUT2D eigenvalue weighted by Gasteiger charge is 2.16. The molecule has 96 valence electrons. The van der Waals surface area contributed by atoms with Gasteiger partial charge < -0.3 is 19.5 Å². The summed E-state index contributed by atoms with van der Waals surface area (Å²) >= 11 is 0. The van der Waals surface area contributed by atoms with Gasteiger partial charge in [-0.1, -0.05) is 5.16 Å². The van der Waals surface area contributed by atoms with Crippen LogP contribution in [0.4, 0.5) is 0 Å². The molecule has 0 bridgehead atoms. The zero-order chi connectivity index (χ0) is 14.0. The minimum absolute atomic E-state index is 0.0456. The molecular formula is C12H8N2O5. The highest BCUT2D eigenvalue weighted by Crippen LogP contribution is 2.35. The number of methoxy groups -OCH3 is 1. The third-order valence-corrected chi connectivity index (χ3v) is 2.41. The lowest BCUT2D eigenvalue weighted by molar-refractivity contribution is 0.0686. The molecule has 0 atom stereocenters. The van der Waals surface area contributed by atoms with Crippen molar-refractivity contribution in [3.8, 4) is 28.9 Å². The number of rotatable bonds is 3. The number of phenolic OH excluding ortho intramolecular Hbond substituents is 1. The van der Waals surface area contributed by atoms with E-state index in [1.807, 2.05) is 6.07 Å². The first-order valence-electron chi connectivity index (χ1n) is 5.08. The standard InChI is InChI=1S/C12H8N2O5/c1-18-11-7(5-13)2-6(3-9(11)15)10-4-8(12(16)17)14-19-10/h2-4,15H,1H3,(H,16,17). The highest BCUT2D eigenvalue weighted by molar-refractivity contribution is 5.86. The number of ether oxygens (including phenoxy) is 1. The molecular weight excluding hydrogens is 252 g/mol. The number of hydrogen-bond acceptors (Lipinski definition) is 6. The van der Waals surface area contributed by atoms with E-state index < -0.39 is 5.97 Å². The molecule has 0 radical (unpaired) electrons. The maximum Gasteiger partial charge on any atom is 0.358 e. The number of benzene rings is 1. The second-order valence-electron chi connectivity index (χ2n) is 3.57. The Morgan fingerprint density at radius 3 is 2.74 bits per heavy atom. The van der Waals surface area contributed by atoms with E-state index in [9.17, 15) is 9.90 Å². The number of nitrogens with zero attached hydrogens (tertiary/aromatic N) is 2. The first kappa shape index (κ1) is 12.4. The summed E-state index contributed by atoms with van der Waals surface area (Å²) in [6.45, 7) is 0. The van der Waals surface area contributed by atoms with Gasteiger partial charge in [-0.2, -0.15) is 5.26 Å². The molecule has 1 aromatic carbocycles. The van der Waals surface area contributed by atoms with E-state index in [-0.39, 0.29) is 28.5 Å². The fourth-order valence-corrected chi connectivity index (χ4v) is 1.57. The van der Waals surface area contributed by atoms with Crippen LogP contribution in [0, 0.1) is 11.3 Å². The van der Waals surface area contributed by atoms with Crippen molar-refractivity contribution in [2.75, 3.05) is 7.11 Å². The van der Waals surface area contributed by atoms with Crippen LogP contribution in [0.5, 0.6) is 11.5 Å². The van der Waals surface area contributed by atoms with E-state index in [1.54, 1.807) is 0 Å². The zero-order valence-corrected chi connectivity index (χ0v) is 9.75. The number of carbonyl (C=O) groups is 1. The molecule has 7 heteroatoms. The van der Waals surface area contributed by atoms with Crippen LogP contribution in [0.25, 0.3) is 11.3 Å². The monoisotopic (exact) mass is 260 g/mol. The normalized spacial score (nSPS) is 9.89. The third kappa shape index (κ3) is 2.19. The van der Waals surface area contributed by atoms with Crippen molar-refractivity contribution in [2.24, 2.45) is 0 Å². The van der Waals surface area contributed by atoms with Gasteiger partial charge in [-0.05, 0) is 12.1 Å². The van der Waals surface area contributed by atoms with Gasteiger partial charge >= 0.3 is 5.97 Å². The summed E-state index contributed by atoms with van der Waals surface area (Å²) in [7, 11) is 1.33. The lowest BCUT2D eigenvalue weighted by Crippen LogP contribution is -1.94. The van der Waals surface area contributed by atoms with Crippen LogP contribution in [0.1, 0.15) is 16.1 Å². The summed E-state index contributed by atoms with van der Waals surface area (Å²) in [5.74, 6) is -1.30. The van der Waals surface area contributed by atoms with Crippen LogP contribution in [-0.4, -0.2) is 28.4 Å². The molecule has 19 heavy (non-hydrogen) atoms. The Morgan fingerprint density at radius 1 is 1.47 bits per heavy atom. The number of hydrogen-bond donors (Lipinski definition) is 2. The van der Waals surface area contributed by atoms with Gasteiger partial charge in [0.2, 0.25) is 0 Å². The van der Waals surface area contributed by atoms with Gasteiger partial charge in [-0.15, -0.1) is 0 Å². The minimum atomic E-state index is -1.23. The Bertz CT molecular complexity index is 684. The number of aromatic hydroxyl groups is 1. The van der Waals surface area contributed by atoms with Crippen LogP contribution in [0.15, 0.2) is 22.7 Å². The van der Waals surface area contributed by atoms with Gasteiger partial charge in [0.1, 0.15) is 6.07 Å². The van der Waals surface area contributed by atoms with Gasteiger partial charge in [0.05, 0.1) is 12.7 Å². The van der Waals surface area contributed by atoms with Crippen molar-refractivity contribution in [2.45, 2.75) is 0 Å². The molecule has 0 aliphatic heterocycles. The van der Waals surface area contributed by atoms with Crippen molar-refractivity contribution < 1.29 is 24.3 Å². The average Bonchev–Trinajstić information content (AvgIpc) is 2.87. The Hall–Kier alpha value is -3.01. The molecule has 0 fully saturated rings. The zero-order valence-electron chi connectivity index (χ0n) is 9.75. The van der Waals surface area contributed by atoms with Gasteiger partial charge in [0, 0.05) is 11.6 Å². The van der Waals surface area contributed by atoms with Crippen molar-refractivity contribution >= 4 is 5.97 Å². The van der Waals surface area contributed by atoms with Gasteiger partial charge in [-0.25, -0.2) is 4.79 Å². The fourth-order valence-electron chi connectivity index (χ4n) is 1.57. The highest BCUT2D eigenvalue weighted by atomic mass is 16.5. The van der Waals surface area contributed by atoms with Crippen LogP contribution >= 0.6 is 0 Å². The summed E-state index contributed by atoms with van der Waals surface area (Å²) in [6, 6.07) is 5.77. The molecule has 0 aliphatic carbocycles. The summed E-state index contributed by atoms with van der Waals surface area (Å²) < 4.78 is 9.74. The first-order chi connectivity index (χ1) is 9.06. The Labute approximate surface area is 107 Å². The lowest BCUT2D eigenvalue weighted by Gasteiger charge is -2.06. The number of aromatic carboxylic acids is 1. The van der Waals surface area contributed by atoms with Gasteiger partial charge in [0.25, 0.3) is 0 Å². The van der Waals surface area contributed by atoms with Crippen LogP contribution < -0.4 is 4.74 Å². The van der Waals surface area contributed by atoms with Crippen LogP contribution in [0.2, 0.25) is 0 Å². The molecule has 2 N–H and O–H groups in total. The van der Waals surface area contributed by atoms with E-state index in [1.165, 1.54) is 25.3 Å². The van der Waals surface area contributed by atoms with E-state index in [4.69, 9.17) is 19.6 Å². The molecule has 0 saturated heterocycles. The lowest BCUT2D eigenvalue weighted by atomic mass is 10.1. The Balaban J connectivity index is 2.54. The fraction of sp³-hybridized carbons (Fsp3) is 0.0833. The number of nitriles is 1. The number of carboxylic acids is 1. The molecule has 1 heterocycles. The summed E-state index contributed by atoms with van der Waals surface area (Å²) in [5.41, 5.74) is 0.171. The minimum Gasteiger partial charge on any atom is -0.504 e. The molecule has 0 spiro atoms. The number of aromatic nitrogens is 1. The summed E-state index contributed by atoms with van der Waals surface area (Å²) in [4.78, 5) is 10.7. The Kier molecular flexibility index (Phi) is 3.08. The summed E-state index contributed by atoms with van der Waals surface area (Å²) in [5, 5.41) is 30.8. The molecule has 0 aliphatic rings. The van der Waals surface area contributed by atoms with E-state index >= 15 is 0 Å². The third-order valence-electron chi connectivity index (χ3n) is 2.41. The van der Waals surface area contributed by atoms with E-state index in [0.29, 0.717) is 5.56 Å². The second-order valence-corrected chi connectivity index (χ2v) is 3.57. The quantitative estimate of drug-likeness (QED) is 0.861. The molecule has 2 rings (SSSR count). The van der Waals surface area contributed by atoms with Crippen molar-refractivity contribution in [3.63, 3.8) is 0 Å². The average molecular weight is 260 g/mol. The molecule has 0 amide bonds. The Morgan fingerprint density at radius 2 is 2.21 bits per heavy atom. The van der Waals surface area contributed by atoms with E-state index in [0.717, 1.165) is 0 Å². The largest absolute Gasteiger partial charge is 0.504 e. The van der Waals surface area contributed by atoms with E-state index in [2.05, 4.69) is 5.16 Å². The first-order valence-corrected chi connectivity index (χ1v) is 5.08. The van der Waals surface area contributed by atoms with Gasteiger partial charge in [0.15, 0.2) is 23.0 Å². The smallest absolute Gasteiger partial charge is 0.358 e. The SMILES string of the molecule is COc1c(O)cc(-c2cc(C(=O)O)no2)cc1C#N. The van der Waals surface area contributed by atoms with Crippen molar-refractivity contribution in [3.05, 3.63) is 29.5 Å². The van der Waals surface area contributed by atoms with Crippen molar-refractivity contribution in [1.82, 2.24) is 5.16 Å². The topological polar surface area (TPSA) is 117 Å². The number of carboxylic acid groups (broad SMARTS) is 1. The second kappa shape index (κ2) is 4.70. The van der Waals surface area contributed by atoms with Gasteiger partial charge in [-0.3, -0.25) is 0 Å². The molecule has 0 unspecified atom stereocenters.